The summed E-state index contributed by atoms with van der Waals surface area (Å²) >= 11 is 0. The summed E-state index contributed by atoms with van der Waals surface area (Å²) in [6.45, 7) is 6.99. The van der Waals surface area contributed by atoms with Crippen LogP contribution in [0.4, 0.5) is 0 Å². The Morgan fingerprint density at radius 1 is 1.39 bits per heavy atom. The highest BCUT2D eigenvalue weighted by atomic mass is 16.5. The third kappa shape index (κ3) is 4.28. The van der Waals surface area contributed by atoms with Crippen molar-refractivity contribution in [1.29, 1.82) is 0 Å². The summed E-state index contributed by atoms with van der Waals surface area (Å²) in [6, 6.07) is 4.62. The maximum Gasteiger partial charge on any atom is 0.251 e. The molecule has 1 aromatic rings. The van der Waals surface area contributed by atoms with Crippen LogP contribution in [-0.4, -0.2) is 24.7 Å². The van der Waals surface area contributed by atoms with Crippen LogP contribution in [0.15, 0.2) is 18.2 Å². The zero-order valence-electron chi connectivity index (χ0n) is 11.4. The van der Waals surface area contributed by atoms with Gasteiger partial charge >= 0.3 is 0 Å². The number of carbonyl (C=O) groups is 1. The predicted molar refractivity (Wildman–Crippen MR) is 71.1 cm³/mol. The minimum atomic E-state index is -0.183. The molecule has 1 amide bonds. The lowest BCUT2D eigenvalue weighted by molar-refractivity contribution is 0.0949. The molecule has 0 aromatic heterocycles. The summed E-state index contributed by atoms with van der Waals surface area (Å²) < 4.78 is 4.92. The lowest BCUT2D eigenvalue weighted by Crippen LogP contribution is -2.27. The molecule has 0 fully saturated rings. The number of rotatable bonds is 4. The van der Waals surface area contributed by atoms with Gasteiger partial charge in [-0.3, -0.25) is 4.79 Å². The Labute approximate surface area is 108 Å². The summed E-state index contributed by atoms with van der Waals surface area (Å²) in [4.78, 5) is 11.8. The molecule has 2 N–H and O–H groups in total. The average Bonchev–Trinajstić information content (AvgIpc) is 2.27. The van der Waals surface area contributed by atoms with Crippen LogP contribution >= 0.6 is 0 Å². The molecule has 0 unspecified atom stereocenters. The van der Waals surface area contributed by atoms with Gasteiger partial charge in [0.15, 0.2) is 11.5 Å². The second-order valence-corrected chi connectivity index (χ2v) is 5.45. The molecule has 4 nitrogen and oxygen atoms in total. The molecule has 18 heavy (non-hydrogen) atoms. The lowest BCUT2D eigenvalue weighted by atomic mass is 9.92. The minimum Gasteiger partial charge on any atom is -0.504 e. The Kier molecular flexibility index (Phi) is 4.59. The van der Waals surface area contributed by atoms with Gasteiger partial charge in [0.05, 0.1) is 7.11 Å². The first-order valence-electron chi connectivity index (χ1n) is 5.99. The molecule has 0 aliphatic heterocycles. The minimum absolute atomic E-state index is 0.0269. The van der Waals surface area contributed by atoms with Crippen molar-refractivity contribution in [2.75, 3.05) is 13.7 Å². The molecule has 1 rings (SSSR count). The van der Waals surface area contributed by atoms with Gasteiger partial charge in [0.1, 0.15) is 0 Å². The van der Waals surface area contributed by atoms with Crippen LogP contribution in [0.2, 0.25) is 0 Å². The molecule has 0 saturated heterocycles. The van der Waals surface area contributed by atoms with Gasteiger partial charge in [-0.25, -0.2) is 0 Å². The van der Waals surface area contributed by atoms with Crippen molar-refractivity contribution in [1.82, 2.24) is 5.32 Å². The second kappa shape index (κ2) is 5.76. The highest BCUT2D eigenvalue weighted by molar-refractivity contribution is 5.94. The zero-order chi connectivity index (χ0) is 13.8. The van der Waals surface area contributed by atoms with E-state index in [1.54, 1.807) is 12.1 Å². The Hall–Kier alpha value is -1.71. The number of benzene rings is 1. The summed E-state index contributed by atoms with van der Waals surface area (Å²) in [7, 11) is 1.47. The van der Waals surface area contributed by atoms with Crippen LogP contribution in [0.1, 0.15) is 37.6 Å². The van der Waals surface area contributed by atoms with Crippen molar-refractivity contribution in [2.24, 2.45) is 5.41 Å². The van der Waals surface area contributed by atoms with Gasteiger partial charge in [0, 0.05) is 12.1 Å². The van der Waals surface area contributed by atoms with Crippen molar-refractivity contribution in [3.63, 3.8) is 0 Å². The van der Waals surface area contributed by atoms with Crippen LogP contribution in [-0.2, 0) is 0 Å². The Bertz CT molecular complexity index is 422. The third-order valence-electron chi connectivity index (χ3n) is 2.60. The number of amides is 1. The van der Waals surface area contributed by atoms with E-state index in [0.29, 0.717) is 17.9 Å². The number of carbonyl (C=O) groups excluding carboxylic acids is 1. The van der Waals surface area contributed by atoms with E-state index in [1.807, 2.05) is 0 Å². The van der Waals surface area contributed by atoms with Crippen LogP contribution < -0.4 is 10.1 Å². The quantitative estimate of drug-likeness (QED) is 0.864. The molecular formula is C14H21NO3. The number of aromatic hydroxyl groups is 1. The fourth-order valence-corrected chi connectivity index (χ4v) is 1.48. The first kappa shape index (κ1) is 14.4. The van der Waals surface area contributed by atoms with Crippen LogP contribution in [0.5, 0.6) is 11.5 Å². The number of hydrogen-bond donors (Lipinski definition) is 2. The van der Waals surface area contributed by atoms with Crippen LogP contribution in [0.3, 0.4) is 0 Å². The number of methoxy groups -OCH3 is 1. The van der Waals surface area contributed by atoms with Crippen molar-refractivity contribution in [2.45, 2.75) is 27.2 Å². The summed E-state index contributed by atoms with van der Waals surface area (Å²) in [5.74, 6) is 0.152. The Morgan fingerprint density at radius 2 is 2.06 bits per heavy atom. The average molecular weight is 251 g/mol. The number of phenols is 1. The number of phenolic OH excluding ortho intramolecular Hbond substituents is 1. The number of hydrogen-bond acceptors (Lipinski definition) is 3. The Balaban J connectivity index is 2.59. The highest BCUT2D eigenvalue weighted by Gasteiger charge is 2.12. The normalized spacial score (nSPS) is 11.1. The lowest BCUT2D eigenvalue weighted by Gasteiger charge is -2.18. The molecule has 0 radical (unpaired) electrons. The summed E-state index contributed by atoms with van der Waals surface area (Å²) in [5.41, 5.74) is 0.622. The topological polar surface area (TPSA) is 58.6 Å². The number of ether oxygens (including phenoxy) is 1. The van der Waals surface area contributed by atoms with E-state index in [4.69, 9.17) is 4.74 Å². The molecule has 0 aliphatic carbocycles. The van der Waals surface area contributed by atoms with Crippen molar-refractivity contribution in [3.8, 4) is 11.5 Å². The van der Waals surface area contributed by atoms with E-state index in [1.165, 1.54) is 13.2 Å². The third-order valence-corrected chi connectivity index (χ3v) is 2.60. The van der Waals surface area contributed by atoms with Gasteiger partial charge in [-0.05, 0) is 30.0 Å². The molecular weight excluding hydrogens is 230 g/mol. The molecule has 4 heteroatoms. The molecule has 0 aliphatic rings. The molecule has 100 valence electrons. The molecule has 0 heterocycles. The van der Waals surface area contributed by atoms with Gasteiger partial charge in [-0.1, -0.05) is 20.8 Å². The Morgan fingerprint density at radius 3 is 2.56 bits per heavy atom. The van der Waals surface area contributed by atoms with E-state index in [2.05, 4.69) is 26.1 Å². The zero-order valence-corrected chi connectivity index (χ0v) is 11.4. The van der Waals surface area contributed by atoms with E-state index in [-0.39, 0.29) is 17.1 Å². The molecule has 0 saturated carbocycles. The van der Waals surface area contributed by atoms with Gasteiger partial charge in [0.25, 0.3) is 5.91 Å². The summed E-state index contributed by atoms with van der Waals surface area (Å²) in [6.07, 6.45) is 0.904. The van der Waals surface area contributed by atoms with Crippen molar-refractivity contribution >= 4 is 5.91 Å². The van der Waals surface area contributed by atoms with Gasteiger partial charge in [-0.2, -0.15) is 0 Å². The van der Waals surface area contributed by atoms with Crippen LogP contribution in [0.25, 0.3) is 0 Å². The maximum absolute atomic E-state index is 11.8. The van der Waals surface area contributed by atoms with E-state index >= 15 is 0 Å². The van der Waals surface area contributed by atoms with E-state index < -0.39 is 0 Å². The molecule has 0 atom stereocenters. The standard InChI is InChI=1S/C14H21NO3/c1-14(2,3)7-8-15-13(17)10-5-6-12(18-4)11(16)9-10/h5-6,9,16H,7-8H2,1-4H3,(H,15,17). The van der Waals surface area contributed by atoms with E-state index in [0.717, 1.165) is 6.42 Å². The van der Waals surface area contributed by atoms with Crippen LogP contribution in [0, 0.1) is 5.41 Å². The first-order valence-corrected chi connectivity index (χ1v) is 5.99. The second-order valence-electron chi connectivity index (χ2n) is 5.45. The maximum atomic E-state index is 11.8. The number of nitrogens with one attached hydrogen (secondary N) is 1. The summed E-state index contributed by atoms with van der Waals surface area (Å²) in [5, 5.41) is 12.4. The largest absolute Gasteiger partial charge is 0.504 e. The van der Waals surface area contributed by atoms with E-state index in [9.17, 15) is 9.90 Å². The molecule has 0 bridgehead atoms. The SMILES string of the molecule is COc1ccc(C(=O)NCCC(C)(C)C)cc1O. The molecule has 1 aromatic carbocycles. The fraction of sp³-hybridized carbons (Fsp3) is 0.500. The predicted octanol–water partition coefficient (Wildman–Crippen LogP) is 2.57. The van der Waals surface area contributed by atoms with Gasteiger partial charge in [-0.15, -0.1) is 0 Å². The molecule has 0 spiro atoms. The van der Waals surface area contributed by atoms with Gasteiger partial charge < -0.3 is 15.2 Å². The smallest absolute Gasteiger partial charge is 0.251 e. The monoisotopic (exact) mass is 251 g/mol. The van der Waals surface area contributed by atoms with Crippen molar-refractivity contribution < 1.29 is 14.6 Å². The highest BCUT2D eigenvalue weighted by Crippen LogP contribution is 2.26. The van der Waals surface area contributed by atoms with Gasteiger partial charge in [0.2, 0.25) is 0 Å². The fourth-order valence-electron chi connectivity index (χ4n) is 1.48. The van der Waals surface area contributed by atoms with Crippen molar-refractivity contribution in [3.05, 3.63) is 23.8 Å². The first-order chi connectivity index (χ1) is 8.33.